The molecule has 1 aliphatic rings. The van der Waals surface area contributed by atoms with Gasteiger partial charge in [-0.2, -0.15) is 0 Å². The Labute approximate surface area is 203 Å². The average Bonchev–Trinajstić information content (AvgIpc) is 3.38. The molecule has 4 amide bonds. The normalized spacial score (nSPS) is 16.6. The number of benzene rings is 1. The van der Waals surface area contributed by atoms with Gasteiger partial charge in [0.05, 0.1) is 19.6 Å². The zero-order chi connectivity index (χ0) is 24.9. The molecule has 0 radical (unpaired) electrons. The molecule has 1 aliphatic heterocycles. The fourth-order valence-electron chi connectivity index (χ4n) is 4.20. The first-order chi connectivity index (χ1) is 16.9. The summed E-state index contributed by atoms with van der Waals surface area (Å²) in [5.74, 6) is 0.930. The number of ether oxygens (including phenoxy) is 1. The first-order valence-electron chi connectivity index (χ1n) is 11.7. The maximum atomic E-state index is 12.9. The molecule has 3 heterocycles. The van der Waals surface area contributed by atoms with Crippen LogP contribution in [0.1, 0.15) is 44.1 Å². The van der Waals surface area contributed by atoms with E-state index >= 15 is 0 Å². The zero-order valence-electron chi connectivity index (χ0n) is 20.1. The van der Waals surface area contributed by atoms with Crippen molar-refractivity contribution in [1.29, 1.82) is 0 Å². The minimum absolute atomic E-state index is 0.144. The molecule has 0 spiro atoms. The predicted octanol–water partition coefficient (Wildman–Crippen LogP) is 2.49. The molecule has 1 saturated heterocycles. The van der Waals surface area contributed by atoms with Crippen molar-refractivity contribution in [3.63, 3.8) is 0 Å². The summed E-state index contributed by atoms with van der Waals surface area (Å²) in [5.41, 5.74) is 1.67. The third-order valence-corrected chi connectivity index (χ3v) is 5.97. The maximum Gasteiger partial charge on any atom is 0.324 e. The van der Waals surface area contributed by atoms with Gasteiger partial charge in [-0.1, -0.05) is 32.0 Å². The molecular formula is C25H30N6O4. The molecule has 0 aliphatic carbocycles. The first kappa shape index (κ1) is 24.2. The van der Waals surface area contributed by atoms with Gasteiger partial charge in [-0.25, -0.2) is 4.79 Å². The number of carbonyl (C=O) groups excluding carboxylic acids is 3. The van der Waals surface area contributed by atoms with Crippen molar-refractivity contribution < 1.29 is 19.1 Å². The summed E-state index contributed by atoms with van der Waals surface area (Å²) >= 11 is 0. The number of fused-ring (bicyclic) bond motifs is 1. The van der Waals surface area contributed by atoms with Gasteiger partial charge in [0.25, 0.3) is 5.91 Å². The molecule has 1 fully saturated rings. The standard InChI is InChI=1S/C25H30N6O4/c1-16(2)14-19(23-29-28-21-6-4-5-12-30(21)23)26-22(32)15-20-24(33)31(25(34)27-20)13-11-17-7-9-18(35-3)10-8-17/h4-10,12,16,19-20H,11,13-15H2,1-3H3,(H,26,32)(H,27,34)/t19-,20+/m0/s1. The summed E-state index contributed by atoms with van der Waals surface area (Å²) in [6, 6.07) is 11.3. The molecule has 2 atom stereocenters. The smallest absolute Gasteiger partial charge is 0.324 e. The van der Waals surface area contributed by atoms with E-state index in [1.807, 2.05) is 53.1 Å². The minimum atomic E-state index is -0.895. The number of pyridine rings is 1. The molecular weight excluding hydrogens is 448 g/mol. The summed E-state index contributed by atoms with van der Waals surface area (Å²) in [5, 5.41) is 14.1. The Kier molecular flexibility index (Phi) is 7.28. The van der Waals surface area contributed by atoms with E-state index in [0.717, 1.165) is 11.3 Å². The van der Waals surface area contributed by atoms with Crippen LogP contribution >= 0.6 is 0 Å². The third-order valence-electron chi connectivity index (χ3n) is 5.97. The molecule has 2 N–H and O–H groups in total. The molecule has 10 heteroatoms. The van der Waals surface area contributed by atoms with E-state index in [1.54, 1.807) is 7.11 Å². The van der Waals surface area contributed by atoms with Crippen LogP contribution in [0.5, 0.6) is 5.75 Å². The Balaban J connectivity index is 1.38. The van der Waals surface area contributed by atoms with E-state index in [9.17, 15) is 14.4 Å². The van der Waals surface area contributed by atoms with Crippen LogP contribution in [0.2, 0.25) is 0 Å². The number of amides is 4. The van der Waals surface area contributed by atoms with Gasteiger partial charge in [-0.15, -0.1) is 10.2 Å². The number of methoxy groups -OCH3 is 1. The van der Waals surface area contributed by atoms with Gasteiger partial charge in [0.2, 0.25) is 5.91 Å². The number of rotatable bonds is 10. The summed E-state index contributed by atoms with van der Waals surface area (Å²) in [6.07, 6.45) is 2.87. The molecule has 0 bridgehead atoms. The number of nitrogens with one attached hydrogen (secondary N) is 2. The van der Waals surface area contributed by atoms with Crippen LogP contribution in [0.15, 0.2) is 48.7 Å². The zero-order valence-corrected chi connectivity index (χ0v) is 20.1. The summed E-state index contributed by atoms with van der Waals surface area (Å²) in [7, 11) is 1.60. The highest BCUT2D eigenvalue weighted by atomic mass is 16.5. The van der Waals surface area contributed by atoms with Crippen LogP contribution in [0, 0.1) is 5.92 Å². The Morgan fingerprint density at radius 3 is 2.63 bits per heavy atom. The van der Waals surface area contributed by atoms with E-state index in [4.69, 9.17) is 4.74 Å². The SMILES string of the molecule is COc1ccc(CCN2C(=O)N[C@H](CC(=O)N[C@@H](CC(C)C)c3nnc4ccccn34)C2=O)cc1. The van der Waals surface area contributed by atoms with E-state index < -0.39 is 18.0 Å². The van der Waals surface area contributed by atoms with E-state index in [-0.39, 0.29) is 30.8 Å². The van der Waals surface area contributed by atoms with Gasteiger partial charge in [0.15, 0.2) is 11.5 Å². The molecule has 35 heavy (non-hydrogen) atoms. The molecule has 1 aromatic carbocycles. The number of imide groups is 1. The number of urea groups is 1. The average molecular weight is 479 g/mol. The number of nitrogens with zero attached hydrogens (tertiary/aromatic N) is 4. The second-order valence-electron chi connectivity index (χ2n) is 9.03. The van der Waals surface area contributed by atoms with Gasteiger partial charge in [0, 0.05) is 12.7 Å². The van der Waals surface area contributed by atoms with Gasteiger partial charge in [-0.05, 0) is 48.6 Å². The fourth-order valence-corrected chi connectivity index (χ4v) is 4.20. The van der Waals surface area contributed by atoms with E-state index in [2.05, 4.69) is 34.7 Å². The molecule has 10 nitrogen and oxygen atoms in total. The van der Waals surface area contributed by atoms with Crippen molar-refractivity contribution in [2.75, 3.05) is 13.7 Å². The van der Waals surface area contributed by atoms with Gasteiger partial charge in [0.1, 0.15) is 11.8 Å². The molecule has 2 aromatic heterocycles. The van der Waals surface area contributed by atoms with Crippen molar-refractivity contribution in [1.82, 2.24) is 30.1 Å². The third kappa shape index (κ3) is 5.59. The lowest BCUT2D eigenvalue weighted by atomic mass is 10.0. The lowest BCUT2D eigenvalue weighted by Crippen LogP contribution is -2.38. The predicted molar refractivity (Wildman–Crippen MR) is 129 cm³/mol. The second-order valence-corrected chi connectivity index (χ2v) is 9.03. The van der Waals surface area contributed by atoms with Gasteiger partial charge >= 0.3 is 6.03 Å². The van der Waals surface area contributed by atoms with Crippen molar-refractivity contribution >= 4 is 23.5 Å². The highest BCUT2D eigenvalue weighted by molar-refractivity contribution is 6.05. The van der Waals surface area contributed by atoms with Crippen molar-refractivity contribution in [2.45, 2.75) is 45.2 Å². The monoisotopic (exact) mass is 478 g/mol. The number of hydrogen-bond donors (Lipinski definition) is 2. The van der Waals surface area contributed by atoms with Crippen LogP contribution in [0.3, 0.4) is 0 Å². The fraction of sp³-hybridized carbons (Fsp3) is 0.400. The Bertz CT molecular complexity index is 1210. The lowest BCUT2D eigenvalue weighted by Gasteiger charge is -2.20. The molecule has 4 rings (SSSR count). The second kappa shape index (κ2) is 10.5. The quantitative estimate of drug-likeness (QED) is 0.432. The molecule has 3 aromatic rings. The number of carbonyl (C=O) groups is 3. The van der Waals surface area contributed by atoms with E-state index in [1.165, 1.54) is 4.90 Å². The van der Waals surface area contributed by atoms with Gasteiger partial charge < -0.3 is 15.4 Å². The van der Waals surface area contributed by atoms with Gasteiger partial charge in [-0.3, -0.25) is 18.9 Å². The highest BCUT2D eigenvalue weighted by Gasteiger charge is 2.39. The molecule has 0 unspecified atom stereocenters. The topological polar surface area (TPSA) is 118 Å². The Morgan fingerprint density at radius 2 is 1.91 bits per heavy atom. The Morgan fingerprint density at radius 1 is 1.14 bits per heavy atom. The summed E-state index contributed by atoms with van der Waals surface area (Å²) in [6.45, 7) is 4.35. The Hall–Kier alpha value is -3.95. The van der Waals surface area contributed by atoms with E-state index in [0.29, 0.717) is 24.3 Å². The molecule has 184 valence electrons. The summed E-state index contributed by atoms with van der Waals surface area (Å²) < 4.78 is 6.99. The maximum absolute atomic E-state index is 12.9. The van der Waals surface area contributed by atoms with Crippen molar-refractivity contribution in [2.24, 2.45) is 5.92 Å². The summed E-state index contributed by atoms with van der Waals surface area (Å²) in [4.78, 5) is 39.4. The number of aromatic nitrogens is 3. The highest BCUT2D eigenvalue weighted by Crippen LogP contribution is 2.21. The van der Waals surface area contributed by atoms with Crippen LogP contribution in [-0.4, -0.2) is 57.0 Å². The number of hydrogen-bond acceptors (Lipinski definition) is 6. The molecule has 0 saturated carbocycles. The largest absolute Gasteiger partial charge is 0.497 e. The van der Waals surface area contributed by atoms with Crippen molar-refractivity contribution in [3.8, 4) is 5.75 Å². The first-order valence-corrected chi connectivity index (χ1v) is 11.7. The van der Waals surface area contributed by atoms with Crippen LogP contribution in [0.25, 0.3) is 5.65 Å². The van der Waals surface area contributed by atoms with Crippen LogP contribution in [0.4, 0.5) is 4.79 Å². The van der Waals surface area contributed by atoms with Crippen molar-refractivity contribution in [3.05, 3.63) is 60.0 Å². The minimum Gasteiger partial charge on any atom is -0.497 e. The van der Waals surface area contributed by atoms with Crippen LogP contribution in [-0.2, 0) is 16.0 Å². The van der Waals surface area contributed by atoms with Crippen LogP contribution < -0.4 is 15.4 Å². The lowest BCUT2D eigenvalue weighted by molar-refractivity contribution is -0.131.